The second-order valence-electron chi connectivity index (χ2n) is 5.24. The fourth-order valence-electron chi connectivity index (χ4n) is 2.27. The molecule has 2 aromatic carbocycles. The quantitative estimate of drug-likeness (QED) is 0.721. The number of amides is 1. The van der Waals surface area contributed by atoms with Crippen LogP contribution in [0.1, 0.15) is 18.5 Å². The topological polar surface area (TPSA) is 76.7 Å². The molecule has 132 valence electrons. The second-order valence-corrected chi connectivity index (χ2v) is 5.24. The zero-order chi connectivity index (χ0) is 18.1. The number of carbonyl (C=O) groups is 2. The summed E-state index contributed by atoms with van der Waals surface area (Å²) in [6.07, 6.45) is 0. The van der Waals surface area contributed by atoms with Crippen LogP contribution in [0.25, 0.3) is 0 Å². The molecule has 1 unspecified atom stereocenters. The largest absolute Gasteiger partial charge is 0.497 e. The van der Waals surface area contributed by atoms with Crippen molar-refractivity contribution in [1.82, 2.24) is 5.32 Å². The number of hydrogen-bond donors (Lipinski definition) is 2. The van der Waals surface area contributed by atoms with Crippen LogP contribution >= 0.6 is 0 Å². The van der Waals surface area contributed by atoms with Gasteiger partial charge < -0.3 is 20.1 Å². The first kappa shape index (κ1) is 18.3. The molecule has 0 radical (unpaired) electrons. The van der Waals surface area contributed by atoms with Gasteiger partial charge in [-0.15, -0.1) is 0 Å². The second kappa shape index (κ2) is 9.32. The summed E-state index contributed by atoms with van der Waals surface area (Å²) < 4.78 is 9.97. The molecule has 0 aliphatic carbocycles. The van der Waals surface area contributed by atoms with E-state index in [9.17, 15) is 9.59 Å². The van der Waals surface area contributed by atoms with Gasteiger partial charge in [0, 0.05) is 5.69 Å². The third-order valence-corrected chi connectivity index (χ3v) is 3.51. The monoisotopic (exact) mass is 342 g/mol. The summed E-state index contributed by atoms with van der Waals surface area (Å²) in [5, 5.41) is 5.79. The van der Waals surface area contributed by atoms with Crippen LogP contribution < -0.4 is 15.4 Å². The Morgan fingerprint density at radius 3 is 2.32 bits per heavy atom. The number of methoxy groups -OCH3 is 1. The van der Waals surface area contributed by atoms with Crippen LogP contribution in [0.3, 0.4) is 0 Å². The molecule has 0 saturated heterocycles. The number of carbonyl (C=O) groups excluding carboxylic acids is 2. The number of esters is 1. The molecule has 0 fully saturated rings. The van der Waals surface area contributed by atoms with Crippen LogP contribution in [0.2, 0.25) is 0 Å². The van der Waals surface area contributed by atoms with Gasteiger partial charge in [0.05, 0.1) is 13.7 Å². The number of nitrogens with one attached hydrogen (secondary N) is 2. The molecule has 25 heavy (non-hydrogen) atoms. The third kappa shape index (κ3) is 5.53. The van der Waals surface area contributed by atoms with E-state index in [4.69, 9.17) is 9.47 Å². The first-order chi connectivity index (χ1) is 12.1. The Morgan fingerprint density at radius 2 is 1.72 bits per heavy atom. The maximum atomic E-state index is 12.6. The van der Waals surface area contributed by atoms with Gasteiger partial charge in [0.1, 0.15) is 18.3 Å². The number of benzene rings is 2. The average Bonchev–Trinajstić information content (AvgIpc) is 2.65. The highest BCUT2D eigenvalue weighted by atomic mass is 16.5. The van der Waals surface area contributed by atoms with Crippen molar-refractivity contribution < 1.29 is 19.1 Å². The van der Waals surface area contributed by atoms with Crippen LogP contribution in [0.5, 0.6) is 5.75 Å². The van der Waals surface area contributed by atoms with Crippen LogP contribution in [0.4, 0.5) is 5.69 Å². The molecule has 6 nitrogen and oxygen atoms in total. The van der Waals surface area contributed by atoms with Gasteiger partial charge in [-0.25, -0.2) is 0 Å². The SMILES string of the molecule is CCOC(=O)CNC(=O)C(Nc1ccc(OC)cc1)c1ccccc1. The molecule has 0 aromatic heterocycles. The van der Waals surface area contributed by atoms with Crippen molar-refractivity contribution in [3.63, 3.8) is 0 Å². The first-order valence-electron chi connectivity index (χ1n) is 8.03. The van der Waals surface area contributed by atoms with Crippen LogP contribution in [-0.2, 0) is 14.3 Å². The molecule has 2 aromatic rings. The van der Waals surface area contributed by atoms with E-state index in [0.717, 1.165) is 17.0 Å². The zero-order valence-electron chi connectivity index (χ0n) is 14.3. The third-order valence-electron chi connectivity index (χ3n) is 3.51. The van der Waals surface area contributed by atoms with Gasteiger partial charge in [0.2, 0.25) is 5.91 Å². The lowest BCUT2D eigenvalue weighted by atomic mass is 10.1. The van der Waals surface area contributed by atoms with Crippen molar-refractivity contribution in [3.8, 4) is 5.75 Å². The number of ether oxygens (including phenoxy) is 2. The number of hydrogen-bond acceptors (Lipinski definition) is 5. The molecule has 0 aliphatic heterocycles. The fraction of sp³-hybridized carbons (Fsp3) is 0.263. The number of rotatable bonds is 8. The summed E-state index contributed by atoms with van der Waals surface area (Å²) in [6.45, 7) is 1.83. The molecule has 0 spiro atoms. The van der Waals surface area contributed by atoms with E-state index in [1.54, 1.807) is 26.2 Å². The minimum Gasteiger partial charge on any atom is -0.497 e. The highest BCUT2D eigenvalue weighted by molar-refractivity contribution is 5.88. The Kier molecular flexibility index (Phi) is 6.83. The van der Waals surface area contributed by atoms with Gasteiger partial charge in [0.15, 0.2) is 0 Å². The predicted molar refractivity (Wildman–Crippen MR) is 95.4 cm³/mol. The minimum absolute atomic E-state index is 0.166. The molecule has 2 rings (SSSR count). The van der Waals surface area contributed by atoms with E-state index in [2.05, 4.69) is 10.6 Å². The first-order valence-corrected chi connectivity index (χ1v) is 8.03. The van der Waals surface area contributed by atoms with Crippen molar-refractivity contribution in [3.05, 3.63) is 60.2 Å². The Morgan fingerprint density at radius 1 is 1.04 bits per heavy atom. The van der Waals surface area contributed by atoms with Crippen molar-refractivity contribution in [1.29, 1.82) is 0 Å². The molecule has 0 aliphatic rings. The lowest BCUT2D eigenvalue weighted by molar-refractivity contribution is -0.143. The van der Waals surface area contributed by atoms with E-state index < -0.39 is 12.0 Å². The van der Waals surface area contributed by atoms with Gasteiger partial charge in [-0.3, -0.25) is 9.59 Å². The van der Waals surface area contributed by atoms with Gasteiger partial charge in [-0.1, -0.05) is 30.3 Å². The minimum atomic E-state index is -0.635. The van der Waals surface area contributed by atoms with Gasteiger partial charge in [-0.2, -0.15) is 0 Å². The molecular weight excluding hydrogens is 320 g/mol. The van der Waals surface area contributed by atoms with Crippen LogP contribution in [0, 0.1) is 0 Å². The van der Waals surface area contributed by atoms with E-state index >= 15 is 0 Å². The van der Waals surface area contributed by atoms with Crippen LogP contribution in [0.15, 0.2) is 54.6 Å². The predicted octanol–water partition coefficient (Wildman–Crippen LogP) is 2.53. The summed E-state index contributed by atoms with van der Waals surface area (Å²) in [5.74, 6) is -0.0456. The molecule has 2 N–H and O–H groups in total. The molecule has 1 atom stereocenters. The Balaban J connectivity index is 2.12. The number of anilines is 1. The summed E-state index contributed by atoms with van der Waals surface area (Å²) in [7, 11) is 1.60. The fourth-order valence-corrected chi connectivity index (χ4v) is 2.27. The summed E-state index contributed by atoms with van der Waals surface area (Å²) >= 11 is 0. The van der Waals surface area contributed by atoms with Crippen molar-refractivity contribution in [2.45, 2.75) is 13.0 Å². The van der Waals surface area contributed by atoms with Crippen LogP contribution in [-0.4, -0.2) is 32.1 Å². The Hall–Kier alpha value is -3.02. The molecule has 0 bridgehead atoms. The molecular formula is C19H22N2O4. The van der Waals surface area contributed by atoms with Crippen molar-refractivity contribution in [2.75, 3.05) is 25.6 Å². The molecule has 1 amide bonds. The Labute approximate surface area is 147 Å². The molecule has 0 saturated carbocycles. The maximum Gasteiger partial charge on any atom is 0.325 e. The van der Waals surface area contributed by atoms with Gasteiger partial charge >= 0.3 is 5.97 Å². The highest BCUT2D eigenvalue weighted by Crippen LogP contribution is 2.22. The Bertz CT molecular complexity index is 686. The van der Waals surface area contributed by atoms with E-state index in [1.807, 2.05) is 42.5 Å². The zero-order valence-corrected chi connectivity index (χ0v) is 14.3. The standard InChI is InChI=1S/C19H22N2O4/c1-3-25-17(22)13-20-19(23)18(14-7-5-4-6-8-14)21-15-9-11-16(24-2)12-10-15/h4-12,18,21H,3,13H2,1-2H3,(H,20,23). The van der Waals surface area contributed by atoms with E-state index in [1.165, 1.54) is 0 Å². The van der Waals surface area contributed by atoms with Crippen molar-refractivity contribution >= 4 is 17.6 Å². The smallest absolute Gasteiger partial charge is 0.325 e. The van der Waals surface area contributed by atoms with E-state index in [0.29, 0.717) is 0 Å². The summed E-state index contributed by atoms with van der Waals surface area (Å²) in [6, 6.07) is 15.9. The lowest BCUT2D eigenvalue weighted by Crippen LogP contribution is -2.37. The van der Waals surface area contributed by atoms with Gasteiger partial charge in [0.25, 0.3) is 0 Å². The van der Waals surface area contributed by atoms with E-state index in [-0.39, 0.29) is 19.1 Å². The molecule has 6 heteroatoms. The maximum absolute atomic E-state index is 12.6. The average molecular weight is 342 g/mol. The summed E-state index contributed by atoms with van der Waals surface area (Å²) in [5.41, 5.74) is 1.56. The lowest BCUT2D eigenvalue weighted by Gasteiger charge is -2.20. The van der Waals surface area contributed by atoms with Crippen molar-refractivity contribution in [2.24, 2.45) is 0 Å². The highest BCUT2D eigenvalue weighted by Gasteiger charge is 2.21. The van der Waals surface area contributed by atoms with Gasteiger partial charge in [-0.05, 0) is 36.8 Å². The normalized spacial score (nSPS) is 11.3. The summed E-state index contributed by atoms with van der Waals surface area (Å²) in [4.78, 5) is 24.0. The molecule has 0 heterocycles.